The van der Waals surface area contributed by atoms with Gasteiger partial charge in [-0.3, -0.25) is 9.59 Å². The molecule has 0 radical (unpaired) electrons. The minimum absolute atomic E-state index is 0.0628. The van der Waals surface area contributed by atoms with Crippen molar-refractivity contribution in [3.63, 3.8) is 0 Å². The van der Waals surface area contributed by atoms with Crippen molar-refractivity contribution < 1.29 is 44.6 Å². The van der Waals surface area contributed by atoms with E-state index < -0.39 is 60.7 Å². The van der Waals surface area contributed by atoms with Crippen LogP contribution in [0.1, 0.15) is 33.6 Å². The summed E-state index contributed by atoms with van der Waals surface area (Å²) in [5.74, 6) is -0.822. The predicted molar refractivity (Wildman–Crippen MR) is 96.0 cm³/mol. The van der Waals surface area contributed by atoms with E-state index >= 15 is 0 Å². The van der Waals surface area contributed by atoms with Gasteiger partial charge in [0.15, 0.2) is 12.1 Å². The smallest absolute Gasteiger partial charge is 0.187 e. The molecule has 0 amide bonds. The second-order valence-electron chi connectivity index (χ2n) is 8.34. The zero-order valence-electron chi connectivity index (χ0n) is 16.3. The Morgan fingerprint density at radius 1 is 1.25 bits per heavy atom. The van der Waals surface area contributed by atoms with Gasteiger partial charge >= 0.3 is 0 Å². The van der Waals surface area contributed by atoms with E-state index in [2.05, 4.69) is 0 Å². The molecule has 2 rings (SSSR count). The van der Waals surface area contributed by atoms with Gasteiger partial charge in [0, 0.05) is 18.3 Å². The zero-order chi connectivity index (χ0) is 21.3. The van der Waals surface area contributed by atoms with Crippen LogP contribution in [0.5, 0.6) is 0 Å². The molecule has 0 aromatic rings. The molecule has 2 aliphatic rings. The maximum absolute atomic E-state index is 12.2. The van der Waals surface area contributed by atoms with Crippen molar-refractivity contribution in [1.29, 1.82) is 0 Å². The first-order valence-corrected chi connectivity index (χ1v) is 9.31. The number of carbonyl (C=O) groups is 2. The number of aliphatic hydroxyl groups excluding tert-OH is 4. The van der Waals surface area contributed by atoms with Crippen molar-refractivity contribution in [1.82, 2.24) is 0 Å². The molecule has 1 heterocycles. The van der Waals surface area contributed by atoms with Crippen LogP contribution in [0, 0.1) is 11.3 Å². The van der Waals surface area contributed by atoms with E-state index in [4.69, 9.17) is 14.6 Å². The van der Waals surface area contributed by atoms with Crippen molar-refractivity contribution in [2.45, 2.75) is 69.9 Å². The van der Waals surface area contributed by atoms with E-state index in [1.54, 1.807) is 20.8 Å². The molecule has 160 valence electrons. The number of carbonyl (C=O) groups excluding carboxylic acids is 2. The lowest BCUT2D eigenvalue weighted by molar-refractivity contribution is -0.298. The number of ketones is 2. The Labute approximate surface area is 163 Å². The number of hydrogen-bond acceptors (Lipinski definition) is 9. The summed E-state index contributed by atoms with van der Waals surface area (Å²) in [5, 5.41) is 49.5. The van der Waals surface area contributed by atoms with E-state index in [1.807, 2.05) is 0 Å². The Kier molecular flexibility index (Phi) is 7.14. The van der Waals surface area contributed by atoms with E-state index in [-0.39, 0.29) is 24.5 Å². The summed E-state index contributed by atoms with van der Waals surface area (Å²) in [6, 6.07) is 0. The molecule has 7 atom stereocenters. The summed E-state index contributed by atoms with van der Waals surface area (Å²) in [6.07, 6.45) is -4.27. The lowest BCUT2D eigenvalue weighted by Gasteiger charge is -2.48. The number of rotatable bonds is 6. The summed E-state index contributed by atoms with van der Waals surface area (Å²) >= 11 is 0. The Balaban J connectivity index is 1.99. The fourth-order valence-electron chi connectivity index (χ4n) is 3.90. The van der Waals surface area contributed by atoms with Gasteiger partial charge in [0.1, 0.15) is 36.8 Å². The largest absolute Gasteiger partial charge is 0.394 e. The average Bonchev–Trinajstić information content (AvgIpc) is 2.61. The molecule has 0 unspecified atom stereocenters. The van der Waals surface area contributed by atoms with E-state index in [1.165, 1.54) is 6.08 Å². The first-order valence-electron chi connectivity index (χ1n) is 9.31. The van der Waals surface area contributed by atoms with Crippen LogP contribution in [0.2, 0.25) is 0 Å². The first kappa shape index (κ1) is 23.1. The van der Waals surface area contributed by atoms with Crippen LogP contribution in [0.15, 0.2) is 12.2 Å². The highest BCUT2D eigenvalue weighted by atomic mass is 16.7. The SMILES string of the molecule is C[C@H]1CC(=O)CC(C)(C)[C@@]1(O)/C=C/C(=O)CO[C@@H]1O[C@H](CO)[C@@H](O)[C@H](O)[C@H]1O. The minimum atomic E-state index is -1.60. The third kappa shape index (κ3) is 4.51. The van der Waals surface area contributed by atoms with Crippen LogP contribution in [0.4, 0.5) is 0 Å². The molecule has 2 fully saturated rings. The topological polar surface area (TPSA) is 154 Å². The minimum Gasteiger partial charge on any atom is -0.394 e. The van der Waals surface area contributed by atoms with Crippen LogP contribution in [-0.4, -0.2) is 86.6 Å². The molecule has 9 heteroatoms. The van der Waals surface area contributed by atoms with E-state index in [9.17, 15) is 30.0 Å². The monoisotopic (exact) mass is 402 g/mol. The van der Waals surface area contributed by atoms with Gasteiger partial charge in [-0.1, -0.05) is 20.8 Å². The Morgan fingerprint density at radius 2 is 1.89 bits per heavy atom. The molecular weight excluding hydrogens is 372 g/mol. The van der Waals surface area contributed by atoms with Gasteiger partial charge < -0.3 is 35.0 Å². The summed E-state index contributed by atoms with van der Waals surface area (Å²) < 4.78 is 10.3. The highest BCUT2D eigenvalue weighted by Gasteiger charge is 2.50. The van der Waals surface area contributed by atoms with Crippen molar-refractivity contribution in [2.24, 2.45) is 11.3 Å². The summed E-state index contributed by atoms with van der Waals surface area (Å²) in [6.45, 7) is 4.16. The molecule has 0 bridgehead atoms. The molecule has 1 saturated carbocycles. The van der Waals surface area contributed by atoms with Crippen molar-refractivity contribution in [3.05, 3.63) is 12.2 Å². The Bertz CT molecular complexity index is 615. The fraction of sp³-hybridized carbons (Fsp3) is 0.789. The first-order chi connectivity index (χ1) is 12.9. The number of hydrogen-bond donors (Lipinski definition) is 5. The maximum Gasteiger partial charge on any atom is 0.187 e. The quantitative estimate of drug-likeness (QED) is 0.341. The molecule has 0 aromatic carbocycles. The number of ether oxygens (including phenoxy) is 2. The highest BCUT2D eigenvalue weighted by molar-refractivity contribution is 5.91. The van der Waals surface area contributed by atoms with Crippen LogP contribution in [0.25, 0.3) is 0 Å². The molecule has 0 spiro atoms. The van der Waals surface area contributed by atoms with Gasteiger partial charge in [-0.25, -0.2) is 0 Å². The third-order valence-corrected chi connectivity index (χ3v) is 5.77. The number of aliphatic hydroxyl groups is 5. The second kappa shape index (κ2) is 8.66. The zero-order valence-corrected chi connectivity index (χ0v) is 16.3. The Morgan fingerprint density at radius 3 is 2.46 bits per heavy atom. The van der Waals surface area contributed by atoms with Crippen LogP contribution in [-0.2, 0) is 19.1 Å². The predicted octanol–water partition coefficient (Wildman–Crippen LogP) is -1.32. The van der Waals surface area contributed by atoms with Crippen LogP contribution < -0.4 is 0 Å². The maximum atomic E-state index is 12.2. The van der Waals surface area contributed by atoms with Gasteiger partial charge in [-0.05, 0) is 18.1 Å². The molecule has 5 N–H and O–H groups in total. The lowest BCUT2D eigenvalue weighted by atomic mass is 9.60. The molecule has 0 aromatic heterocycles. The molecule has 9 nitrogen and oxygen atoms in total. The molecular formula is C19H30O9. The summed E-state index contributed by atoms with van der Waals surface area (Å²) in [5.41, 5.74) is -2.09. The second-order valence-corrected chi connectivity index (χ2v) is 8.34. The van der Waals surface area contributed by atoms with Crippen LogP contribution in [0.3, 0.4) is 0 Å². The van der Waals surface area contributed by atoms with Gasteiger partial charge in [-0.2, -0.15) is 0 Å². The molecule has 1 aliphatic heterocycles. The summed E-state index contributed by atoms with van der Waals surface area (Å²) in [4.78, 5) is 24.0. The third-order valence-electron chi connectivity index (χ3n) is 5.77. The van der Waals surface area contributed by atoms with E-state index in [0.29, 0.717) is 0 Å². The number of Topliss-reactive ketones (excluding diaryl/α,β-unsaturated/α-hetero) is 1. The van der Waals surface area contributed by atoms with Crippen LogP contribution >= 0.6 is 0 Å². The van der Waals surface area contributed by atoms with E-state index in [0.717, 1.165) is 6.08 Å². The molecule has 1 saturated heterocycles. The van der Waals surface area contributed by atoms with Gasteiger partial charge in [-0.15, -0.1) is 0 Å². The summed E-state index contributed by atoms with van der Waals surface area (Å²) in [7, 11) is 0. The average molecular weight is 402 g/mol. The van der Waals surface area contributed by atoms with Crippen molar-refractivity contribution in [2.75, 3.05) is 13.2 Å². The van der Waals surface area contributed by atoms with Gasteiger partial charge in [0.2, 0.25) is 0 Å². The Hall–Kier alpha value is -1.20. The normalized spacial score (nSPS) is 41.4. The fourth-order valence-corrected chi connectivity index (χ4v) is 3.90. The van der Waals surface area contributed by atoms with Crippen molar-refractivity contribution in [3.8, 4) is 0 Å². The van der Waals surface area contributed by atoms with Crippen molar-refractivity contribution >= 4 is 11.6 Å². The van der Waals surface area contributed by atoms with Gasteiger partial charge in [0.05, 0.1) is 12.2 Å². The molecule has 1 aliphatic carbocycles. The highest BCUT2D eigenvalue weighted by Crippen LogP contribution is 2.46. The van der Waals surface area contributed by atoms with Gasteiger partial charge in [0.25, 0.3) is 0 Å². The molecule has 28 heavy (non-hydrogen) atoms. The lowest BCUT2D eigenvalue weighted by Crippen LogP contribution is -2.59. The standard InChI is InChI=1S/C19H30O9/c1-10-6-12(22)7-18(2,3)19(10,26)5-4-11(21)9-27-17-16(25)15(24)14(23)13(8-20)28-17/h4-5,10,13-17,20,23-26H,6-9H2,1-3H3/b5-4+/t10-,13+,14+,15-,16+,17+,19+/m0/s1.